The first-order chi connectivity index (χ1) is 5.29. The van der Waals surface area contributed by atoms with Crippen LogP contribution >= 0.6 is 0 Å². The van der Waals surface area contributed by atoms with Crippen molar-refractivity contribution in [2.45, 2.75) is 25.7 Å². The molecule has 0 spiro atoms. The van der Waals surface area contributed by atoms with Gasteiger partial charge in [-0.05, 0) is 0 Å². The predicted molar refractivity (Wildman–Crippen MR) is 41.7 cm³/mol. The molecule has 1 saturated heterocycles. The molecular formula is C8H16NO2+. The Morgan fingerprint density at radius 3 is 2.55 bits per heavy atom. The summed E-state index contributed by atoms with van der Waals surface area (Å²) in [4.78, 5) is 11.8. The van der Waals surface area contributed by atoms with Crippen LogP contribution in [0.25, 0.3) is 0 Å². The predicted octanol–water partition coefficient (Wildman–Crippen LogP) is -0.470. The molecule has 0 aromatic carbocycles. The van der Waals surface area contributed by atoms with Gasteiger partial charge >= 0.3 is 5.97 Å². The molecule has 1 fully saturated rings. The molecule has 0 unspecified atom stereocenters. The number of carbonyl (C=O) groups is 1. The number of hydrogen-bond acceptors (Lipinski definition) is 1. The quantitative estimate of drug-likeness (QED) is 0.581. The van der Waals surface area contributed by atoms with Crippen LogP contribution in [0.4, 0.5) is 0 Å². The van der Waals surface area contributed by atoms with E-state index < -0.39 is 5.97 Å². The lowest BCUT2D eigenvalue weighted by atomic mass is 10.3. The van der Waals surface area contributed by atoms with E-state index >= 15 is 0 Å². The maximum Gasteiger partial charge on any atom is 0.303 e. The van der Waals surface area contributed by atoms with Gasteiger partial charge in [0, 0.05) is 19.3 Å². The summed E-state index contributed by atoms with van der Waals surface area (Å²) in [6.07, 6.45) is 3.82. The van der Waals surface area contributed by atoms with Gasteiger partial charge in [0.15, 0.2) is 0 Å². The molecule has 11 heavy (non-hydrogen) atoms. The van der Waals surface area contributed by atoms with Crippen LogP contribution < -0.4 is 4.90 Å². The number of rotatable bonds is 4. The van der Waals surface area contributed by atoms with Crippen molar-refractivity contribution in [3.05, 3.63) is 0 Å². The molecule has 0 aromatic heterocycles. The van der Waals surface area contributed by atoms with Crippen LogP contribution in [0.3, 0.4) is 0 Å². The molecule has 64 valence electrons. The van der Waals surface area contributed by atoms with Crippen LogP contribution in [-0.4, -0.2) is 30.7 Å². The molecule has 3 heteroatoms. The number of carboxylic acids is 1. The number of nitrogens with one attached hydrogen (secondary N) is 1. The summed E-state index contributed by atoms with van der Waals surface area (Å²) in [5, 5.41) is 8.38. The standard InChI is InChI=1S/C8H15NO2/c10-8(11)4-3-7-9-5-1-2-6-9/h1-7H2,(H,10,11)/p+1. The Hall–Kier alpha value is -0.570. The summed E-state index contributed by atoms with van der Waals surface area (Å²) in [5.74, 6) is -0.663. The Morgan fingerprint density at radius 1 is 1.36 bits per heavy atom. The third-order valence-electron chi connectivity index (χ3n) is 2.23. The SMILES string of the molecule is O=C(O)CCC[NH+]1CCCC1. The van der Waals surface area contributed by atoms with Gasteiger partial charge in [-0.15, -0.1) is 0 Å². The van der Waals surface area contributed by atoms with E-state index in [0.29, 0.717) is 6.42 Å². The normalized spacial score (nSPS) is 18.9. The fraction of sp³-hybridized carbons (Fsp3) is 0.875. The highest BCUT2D eigenvalue weighted by molar-refractivity contribution is 5.66. The molecule has 1 heterocycles. The number of hydrogen-bond donors (Lipinski definition) is 2. The van der Waals surface area contributed by atoms with E-state index in [1.54, 1.807) is 4.90 Å². The van der Waals surface area contributed by atoms with Gasteiger partial charge in [-0.25, -0.2) is 0 Å². The van der Waals surface area contributed by atoms with Crippen molar-refractivity contribution in [3.8, 4) is 0 Å². The van der Waals surface area contributed by atoms with Crippen LogP contribution in [0.1, 0.15) is 25.7 Å². The number of carboxylic acid groups (broad SMARTS) is 1. The summed E-state index contributed by atoms with van der Waals surface area (Å²) >= 11 is 0. The maximum atomic E-state index is 10.2. The molecule has 0 amide bonds. The second kappa shape index (κ2) is 4.34. The van der Waals surface area contributed by atoms with Crippen LogP contribution in [0.2, 0.25) is 0 Å². The first-order valence-electron chi connectivity index (χ1n) is 4.34. The second-order valence-corrected chi connectivity index (χ2v) is 3.20. The third kappa shape index (κ3) is 3.37. The molecule has 0 bridgehead atoms. The van der Waals surface area contributed by atoms with Gasteiger partial charge in [-0.3, -0.25) is 4.79 Å². The maximum absolute atomic E-state index is 10.2. The number of quaternary nitrogens is 1. The van der Waals surface area contributed by atoms with E-state index in [1.165, 1.54) is 25.9 Å². The Kier molecular flexibility index (Phi) is 3.36. The molecule has 1 aliphatic rings. The molecule has 2 N–H and O–H groups in total. The van der Waals surface area contributed by atoms with Crippen LogP contribution in [0, 0.1) is 0 Å². The summed E-state index contributed by atoms with van der Waals surface area (Å²) in [6, 6.07) is 0. The molecule has 0 radical (unpaired) electrons. The van der Waals surface area contributed by atoms with E-state index in [1.807, 2.05) is 0 Å². The molecule has 0 aliphatic carbocycles. The summed E-state index contributed by atoms with van der Waals surface area (Å²) in [6.45, 7) is 3.55. The van der Waals surface area contributed by atoms with Gasteiger partial charge < -0.3 is 10.0 Å². The highest BCUT2D eigenvalue weighted by Gasteiger charge is 2.14. The van der Waals surface area contributed by atoms with Crippen molar-refractivity contribution >= 4 is 5.97 Å². The zero-order valence-electron chi connectivity index (χ0n) is 6.81. The van der Waals surface area contributed by atoms with Gasteiger partial charge in [0.05, 0.1) is 26.1 Å². The van der Waals surface area contributed by atoms with E-state index in [-0.39, 0.29) is 0 Å². The summed E-state index contributed by atoms with van der Waals surface area (Å²) < 4.78 is 0. The average Bonchev–Trinajstić information content (AvgIpc) is 2.39. The van der Waals surface area contributed by atoms with E-state index in [4.69, 9.17) is 5.11 Å². The van der Waals surface area contributed by atoms with Crippen molar-refractivity contribution in [2.24, 2.45) is 0 Å². The van der Waals surface area contributed by atoms with Gasteiger partial charge in [0.1, 0.15) is 0 Å². The van der Waals surface area contributed by atoms with E-state index in [2.05, 4.69) is 0 Å². The minimum atomic E-state index is -0.663. The number of likely N-dealkylation sites (tertiary alicyclic amines) is 1. The Morgan fingerprint density at radius 2 is 2.00 bits per heavy atom. The molecule has 3 nitrogen and oxygen atoms in total. The van der Waals surface area contributed by atoms with Crippen molar-refractivity contribution in [1.82, 2.24) is 0 Å². The lowest BCUT2D eigenvalue weighted by molar-refractivity contribution is -0.887. The average molecular weight is 158 g/mol. The summed E-state index contributed by atoms with van der Waals surface area (Å²) in [7, 11) is 0. The zero-order valence-corrected chi connectivity index (χ0v) is 6.81. The Bertz CT molecular complexity index is 130. The van der Waals surface area contributed by atoms with Crippen molar-refractivity contribution in [3.63, 3.8) is 0 Å². The third-order valence-corrected chi connectivity index (χ3v) is 2.23. The minimum absolute atomic E-state index is 0.337. The molecule has 0 saturated carbocycles. The van der Waals surface area contributed by atoms with Crippen LogP contribution in [-0.2, 0) is 4.79 Å². The minimum Gasteiger partial charge on any atom is -0.481 e. The van der Waals surface area contributed by atoms with Gasteiger partial charge in [0.25, 0.3) is 0 Å². The topological polar surface area (TPSA) is 41.7 Å². The number of aliphatic carboxylic acids is 1. The smallest absolute Gasteiger partial charge is 0.303 e. The van der Waals surface area contributed by atoms with Gasteiger partial charge in [-0.1, -0.05) is 0 Å². The van der Waals surface area contributed by atoms with E-state index in [9.17, 15) is 4.79 Å². The van der Waals surface area contributed by atoms with Gasteiger partial charge in [-0.2, -0.15) is 0 Å². The Balaban J connectivity index is 1.98. The lowest BCUT2D eigenvalue weighted by Crippen LogP contribution is -3.10. The van der Waals surface area contributed by atoms with Gasteiger partial charge in [0.2, 0.25) is 0 Å². The molecule has 1 rings (SSSR count). The molecular weight excluding hydrogens is 142 g/mol. The highest BCUT2D eigenvalue weighted by atomic mass is 16.4. The molecule has 0 atom stereocenters. The monoisotopic (exact) mass is 158 g/mol. The van der Waals surface area contributed by atoms with Crippen molar-refractivity contribution in [1.29, 1.82) is 0 Å². The summed E-state index contributed by atoms with van der Waals surface area (Å²) in [5.41, 5.74) is 0. The first kappa shape index (κ1) is 8.53. The second-order valence-electron chi connectivity index (χ2n) is 3.20. The fourth-order valence-electron chi connectivity index (χ4n) is 1.61. The van der Waals surface area contributed by atoms with E-state index in [0.717, 1.165) is 13.0 Å². The highest BCUT2D eigenvalue weighted by Crippen LogP contribution is 1.90. The van der Waals surface area contributed by atoms with Crippen molar-refractivity contribution in [2.75, 3.05) is 19.6 Å². The Labute approximate surface area is 67.0 Å². The largest absolute Gasteiger partial charge is 0.481 e. The first-order valence-corrected chi connectivity index (χ1v) is 4.34. The molecule has 1 aliphatic heterocycles. The van der Waals surface area contributed by atoms with Crippen LogP contribution in [0.15, 0.2) is 0 Å². The molecule has 0 aromatic rings. The lowest BCUT2D eigenvalue weighted by Gasteiger charge is -2.09. The van der Waals surface area contributed by atoms with Crippen LogP contribution in [0.5, 0.6) is 0 Å². The zero-order chi connectivity index (χ0) is 8.10. The van der Waals surface area contributed by atoms with Crippen molar-refractivity contribution < 1.29 is 14.8 Å². The fourth-order valence-corrected chi connectivity index (χ4v) is 1.61.